The standard InChI is InChI=1S/C23H25N3O2/c1-14(2)13-26-20-7-5-4-6-18(20)23(22(26)27)21-16(10-11-24-23)17-12-15(28-3)8-9-19(17)25-21/h4-9,12,14,24-25H,10-11,13H2,1-3H3/p+1/t23-/m0/s1. The molecule has 1 amide bonds. The van der Waals surface area contributed by atoms with E-state index >= 15 is 0 Å². The molecule has 3 aromatic rings. The smallest absolute Gasteiger partial charge is 0.299 e. The number of amides is 1. The van der Waals surface area contributed by atoms with Gasteiger partial charge in [-0.2, -0.15) is 0 Å². The molecule has 0 unspecified atom stereocenters. The number of H-pyrrole nitrogens is 1. The van der Waals surface area contributed by atoms with Crippen LogP contribution in [-0.4, -0.2) is 31.1 Å². The summed E-state index contributed by atoms with van der Waals surface area (Å²) in [6, 6.07) is 14.4. The second kappa shape index (κ2) is 6.11. The molecule has 5 heteroatoms. The van der Waals surface area contributed by atoms with Gasteiger partial charge in [0.15, 0.2) is 0 Å². The fourth-order valence-corrected chi connectivity index (χ4v) is 4.95. The fraction of sp³-hybridized carbons (Fsp3) is 0.348. The summed E-state index contributed by atoms with van der Waals surface area (Å²) in [6.07, 6.45) is 0.934. The Morgan fingerprint density at radius 3 is 2.86 bits per heavy atom. The van der Waals surface area contributed by atoms with Crippen LogP contribution in [-0.2, 0) is 16.8 Å². The van der Waals surface area contributed by atoms with Gasteiger partial charge in [0.1, 0.15) is 5.75 Å². The summed E-state index contributed by atoms with van der Waals surface area (Å²) < 4.78 is 5.44. The maximum atomic E-state index is 13.9. The van der Waals surface area contributed by atoms with Crippen LogP contribution in [0.1, 0.15) is 30.7 Å². The second-order valence-corrected chi connectivity index (χ2v) is 8.27. The van der Waals surface area contributed by atoms with E-state index < -0.39 is 5.54 Å². The van der Waals surface area contributed by atoms with Crippen LogP contribution in [0.3, 0.4) is 0 Å². The van der Waals surface area contributed by atoms with E-state index in [9.17, 15) is 4.79 Å². The summed E-state index contributed by atoms with van der Waals surface area (Å²) in [5, 5.41) is 3.39. The van der Waals surface area contributed by atoms with Gasteiger partial charge in [0.2, 0.25) is 5.54 Å². The van der Waals surface area contributed by atoms with Crippen molar-refractivity contribution in [3.05, 3.63) is 59.3 Å². The summed E-state index contributed by atoms with van der Waals surface area (Å²) >= 11 is 0. The Labute approximate surface area is 164 Å². The Kier molecular flexibility index (Phi) is 3.78. The van der Waals surface area contributed by atoms with Crippen LogP contribution in [0, 0.1) is 5.92 Å². The molecule has 0 aliphatic carbocycles. The Morgan fingerprint density at radius 1 is 1.25 bits per heavy atom. The van der Waals surface area contributed by atoms with E-state index in [0.29, 0.717) is 5.92 Å². The molecule has 28 heavy (non-hydrogen) atoms. The van der Waals surface area contributed by atoms with E-state index in [2.05, 4.69) is 48.4 Å². The van der Waals surface area contributed by atoms with Gasteiger partial charge in [-0.3, -0.25) is 4.79 Å². The molecule has 3 heterocycles. The molecule has 0 saturated carbocycles. The van der Waals surface area contributed by atoms with Crippen molar-refractivity contribution < 1.29 is 14.8 Å². The van der Waals surface area contributed by atoms with E-state index in [1.165, 1.54) is 5.56 Å². The van der Waals surface area contributed by atoms with Gasteiger partial charge in [0.05, 0.1) is 30.6 Å². The van der Waals surface area contributed by atoms with Crippen molar-refractivity contribution in [2.24, 2.45) is 5.92 Å². The normalized spacial score (nSPS) is 20.9. The van der Waals surface area contributed by atoms with Crippen molar-refractivity contribution in [2.45, 2.75) is 25.8 Å². The SMILES string of the molecule is COc1ccc2[nH]c3c(c2c1)CC[NH2+][C@]31C(=O)N(CC(C)C)c2ccccc21. The Balaban J connectivity index is 1.77. The summed E-state index contributed by atoms with van der Waals surface area (Å²) in [5.41, 5.74) is 4.76. The molecule has 1 atom stereocenters. The van der Waals surface area contributed by atoms with Crippen molar-refractivity contribution in [1.82, 2.24) is 4.98 Å². The summed E-state index contributed by atoms with van der Waals surface area (Å²) in [7, 11) is 1.69. The van der Waals surface area contributed by atoms with E-state index in [1.807, 2.05) is 23.1 Å². The van der Waals surface area contributed by atoms with Crippen LogP contribution >= 0.6 is 0 Å². The third kappa shape index (κ3) is 2.20. The monoisotopic (exact) mass is 376 g/mol. The Hall–Kier alpha value is -2.79. The lowest BCUT2D eigenvalue weighted by Crippen LogP contribution is -2.99. The third-order valence-electron chi connectivity index (χ3n) is 6.10. The molecule has 1 spiro atoms. The highest BCUT2D eigenvalue weighted by atomic mass is 16.5. The predicted octanol–water partition coefficient (Wildman–Crippen LogP) is 2.54. The minimum atomic E-state index is -0.717. The number of rotatable bonds is 3. The minimum absolute atomic E-state index is 0.168. The molecule has 0 saturated heterocycles. The molecule has 2 aromatic carbocycles. The number of nitrogens with one attached hydrogen (secondary N) is 1. The highest BCUT2D eigenvalue weighted by molar-refractivity contribution is 6.09. The van der Waals surface area contributed by atoms with Crippen molar-refractivity contribution in [3.63, 3.8) is 0 Å². The van der Waals surface area contributed by atoms with E-state index in [4.69, 9.17) is 4.74 Å². The van der Waals surface area contributed by atoms with Gasteiger partial charge in [-0.05, 0) is 41.8 Å². The lowest BCUT2D eigenvalue weighted by molar-refractivity contribution is -0.714. The zero-order chi connectivity index (χ0) is 19.5. The number of carbonyl (C=O) groups is 1. The number of nitrogens with zero attached hydrogens (tertiary/aromatic N) is 1. The first-order valence-electron chi connectivity index (χ1n) is 10.0. The van der Waals surface area contributed by atoms with E-state index in [0.717, 1.165) is 53.1 Å². The number of hydrogen-bond acceptors (Lipinski definition) is 2. The number of ether oxygens (including phenoxy) is 1. The number of benzene rings is 2. The lowest BCUT2D eigenvalue weighted by Gasteiger charge is -2.31. The molecule has 0 bridgehead atoms. The van der Waals surface area contributed by atoms with E-state index in [1.54, 1.807) is 7.11 Å². The van der Waals surface area contributed by atoms with Gasteiger partial charge in [-0.1, -0.05) is 26.0 Å². The average molecular weight is 376 g/mol. The Bertz CT molecular complexity index is 1080. The number of anilines is 1. The maximum Gasteiger partial charge on any atom is 0.299 e. The van der Waals surface area contributed by atoms with Crippen molar-refractivity contribution >= 4 is 22.5 Å². The summed E-state index contributed by atoms with van der Waals surface area (Å²) in [4.78, 5) is 19.5. The van der Waals surface area contributed by atoms with Crippen LogP contribution in [0.4, 0.5) is 5.69 Å². The largest absolute Gasteiger partial charge is 0.497 e. The fourth-order valence-electron chi connectivity index (χ4n) is 4.95. The van der Waals surface area contributed by atoms with E-state index in [-0.39, 0.29) is 5.91 Å². The van der Waals surface area contributed by atoms with Gasteiger partial charge in [-0.25, -0.2) is 0 Å². The summed E-state index contributed by atoms with van der Waals surface area (Å²) in [5.74, 6) is 1.42. The van der Waals surface area contributed by atoms with Crippen LogP contribution in [0.15, 0.2) is 42.5 Å². The van der Waals surface area contributed by atoms with Gasteiger partial charge in [0, 0.05) is 23.9 Å². The molecule has 2 aliphatic rings. The number of quaternary nitrogens is 1. The highest BCUT2D eigenvalue weighted by Gasteiger charge is 2.59. The number of hydrogen-bond donors (Lipinski definition) is 2. The highest BCUT2D eigenvalue weighted by Crippen LogP contribution is 2.45. The minimum Gasteiger partial charge on any atom is -0.497 e. The topological polar surface area (TPSA) is 61.9 Å². The van der Waals surface area contributed by atoms with Crippen LogP contribution in [0.2, 0.25) is 0 Å². The van der Waals surface area contributed by atoms with Crippen LogP contribution < -0.4 is 15.0 Å². The molecule has 144 valence electrons. The van der Waals surface area contributed by atoms with Crippen LogP contribution in [0.5, 0.6) is 5.75 Å². The van der Waals surface area contributed by atoms with Gasteiger partial charge >= 0.3 is 0 Å². The first-order valence-corrected chi connectivity index (χ1v) is 10.0. The van der Waals surface area contributed by atoms with Gasteiger partial charge in [0.25, 0.3) is 5.91 Å². The molecular weight excluding hydrogens is 350 g/mol. The third-order valence-corrected chi connectivity index (χ3v) is 6.10. The number of methoxy groups -OCH3 is 1. The molecule has 5 nitrogen and oxygen atoms in total. The van der Waals surface area contributed by atoms with Gasteiger partial charge < -0.3 is 19.9 Å². The first kappa shape index (κ1) is 17.3. The molecular formula is C23H26N3O2+. The average Bonchev–Trinajstić information content (AvgIpc) is 3.18. The number of nitrogens with two attached hydrogens (primary N) is 1. The molecule has 0 radical (unpaired) electrons. The number of fused-ring (bicyclic) bond motifs is 6. The Morgan fingerprint density at radius 2 is 2.07 bits per heavy atom. The number of aromatic nitrogens is 1. The molecule has 5 rings (SSSR count). The summed E-state index contributed by atoms with van der Waals surface area (Å²) in [6.45, 7) is 5.93. The predicted molar refractivity (Wildman–Crippen MR) is 110 cm³/mol. The van der Waals surface area contributed by atoms with Gasteiger partial charge in [-0.15, -0.1) is 0 Å². The number of carbonyl (C=O) groups excluding carboxylic acids is 1. The zero-order valence-corrected chi connectivity index (χ0v) is 16.6. The molecule has 0 fully saturated rings. The quantitative estimate of drug-likeness (QED) is 0.738. The van der Waals surface area contributed by atoms with Crippen molar-refractivity contribution in [2.75, 3.05) is 25.1 Å². The van der Waals surface area contributed by atoms with Crippen LogP contribution in [0.25, 0.3) is 10.9 Å². The molecule has 1 aromatic heterocycles. The van der Waals surface area contributed by atoms with Crippen molar-refractivity contribution in [3.8, 4) is 5.75 Å². The molecule has 3 N–H and O–H groups in total. The lowest BCUT2D eigenvalue weighted by atomic mass is 9.82. The maximum absolute atomic E-state index is 13.9. The molecule has 2 aliphatic heterocycles. The van der Waals surface area contributed by atoms with Crippen molar-refractivity contribution in [1.29, 1.82) is 0 Å². The number of aromatic amines is 1. The number of para-hydroxylation sites is 1. The second-order valence-electron chi connectivity index (χ2n) is 8.27. The first-order chi connectivity index (χ1) is 13.6. The zero-order valence-electron chi connectivity index (χ0n) is 16.6.